The summed E-state index contributed by atoms with van der Waals surface area (Å²) in [5.74, 6) is -1.45. The molecule has 0 radical (unpaired) electrons. The lowest BCUT2D eigenvalue weighted by molar-refractivity contribution is -0.140. The number of alkyl halides is 1. The number of amides is 1. The molecule has 25 heavy (non-hydrogen) atoms. The summed E-state index contributed by atoms with van der Waals surface area (Å²) in [6.45, 7) is 6.52. The molecule has 1 rings (SSSR count). The minimum Gasteiger partial charge on any atom is -0.462 e. The van der Waals surface area contributed by atoms with E-state index in [9.17, 15) is 18.8 Å². The number of ketones is 1. The number of halogens is 1. The maximum atomic E-state index is 13.9. The molecule has 1 aliphatic rings. The number of esters is 1. The van der Waals surface area contributed by atoms with E-state index in [1.807, 2.05) is 0 Å². The fourth-order valence-corrected chi connectivity index (χ4v) is 2.42. The minimum absolute atomic E-state index is 0.100. The zero-order valence-corrected chi connectivity index (χ0v) is 15.7. The SMILES string of the molecule is CCOC(=O)/C(=C\N(C)C)C(=O)[C@@H]1C[C@@H](F)CN1C(=O)OC(C)(C)C. The highest BCUT2D eigenvalue weighted by molar-refractivity contribution is 6.19. The van der Waals surface area contributed by atoms with Gasteiger partial charge in [0.2, 0.25) is 0 Å². The standard InChI is InChI=1S/C17H27FN2O5/c1-7-24-15(22)12(10-19(5)6)14(21)13-8-11(18)9-20(13)16(23)25-17(2,3)4/h10-11,13H,7-9H2,1-6H3/b12-10-/t11-,13+/m1/s1. The highest BCUT2D eigenvalue weighted by Gasteiger charge is 2.43. The van der Waals surface area contributed by atoms with Gasteiger partial charge >= 0.3 is 12.1 Å². The van der Waals surface area contributed by atoms with Gasteiger partial charge in [-0.25, -0.2) is 14.0 Å². The van der Waals surface area contributed by atoms with E-state index in [0.717, 1.165) is 4.90 Å². The number of hydrogen-bond donors (Lipinski definition) is 0. The van der Waals surface area contributed by atoms with Gasteiger partial charge in [0.15, 0.2) is 5.78 Å². The van der Waals surface area contributed by atoms with Gasteiger partial charge in [-0.3, -0.25) is 9.69 Å². The summed E-state index contributed by atoms with van der Waals surface area (Å²) in [4.78, 5) is 39.8. The Morgan fingerprint density at radius 1 is 1.28 bits per heavy atom. The fraction of sp³-hybridized carbons (Fsp3) is 0.706. The molecule has 0 N–H and O–H groups in total. The van der Waals surface area contributed by atoms with Gasteiger partial charge in [-0.2, -0.15) is 0 Å². The van der Waals surface area contributed by atoms with Crippen molar-refractivity contribution in [2.45, 2.75) is 51.9 Å². The van der Waals surface area contributed by atoms with Crippen molar-refractivity contribution in [3.8, 4) is 0 Å². The third-order valence-electron chi connectivity index (χ3n) is 3.33. The average Bonchev–Trinajstić information content (AvgIpc) is 2.84. The smallest absolute Gasteiger partial charge is 0.411 e. The van der Waals surface area contributed by atoms with Crippen LogP contribution in [-0.2, 0) is 19.1 Å². The van der Waals surface area contributed by atoms with Crippen LogP contribution >= 0.6 is 0 Å². The fourth-order valence-electron chi connectivity index (χ4n) is 2.42. The van der Waals surface area contributed by atoms with Crippen molar-refractivity contribution >= 4 is 17.8 Å². The monoisotopic (exact) mass is 358 g/mol. The summed E-state index contributed by atoms with van der Waals surface area (Å²) in [7, 11) is 3.29. The number of rotatable bonds is 5. The molecule has 7 nitrogen and oxygen atoms in total. The van der Waals surface area contributed by atoms with Crippen LogP contribution in [0, 0.1) is 0 Å². The van der Waals surface area contributed by atoms with Crippen molar-refractivity contribution in [1.29, 1.82) is 0 Å². The summed E-state index contributed by atoms with van der Waals surface area (Å²) in [5, 5.41) is 0. The Morgan fingerprint density at radius 2 is 1.88 bits per heavy atom. The molecule has 8 heteroatoms. The maximum absolute atomic E-state index is 13.9. The second kappa shape index (κ2) is 8.31. The summed E-state index contributed by atoms with van der Waals surface area (Å²) in [6.07, 6.45) is -0.996. The molecule has 0 bridgehead atoms. The van der Waals surface area contributed by atoms with Gasteiger partial charge in [0.05, 0.1) is 13.2 Å². The molecule has 1 fully saturated rings. The molecule has 0 aliphatic carbocycles. The maximum Gasteiger partial charge on any atom is 0.411 e. The molecule has 1 heterocycles. The van der Waals surface area contributed by atoms with Crippen molar-refractivity contribution in [3.63, 3.8) is 0 Å². The first-order valence-corrected chi connectivity index (χ1v) is 8.19. The van der Waals surface area contributed by atoms with E-state index in [-0.39, 0.29) is 25.1 Å². The molecule has 0 aromatic heterocycles. The van der Waals surface area contributed by atoms with Crippen LogP contribution in [0.15, 0.2) is 11.8 Å². The molecule has 0 aromatic rings. The number of hydrogen-bond acceptors (Lipinski definition) is 6. The first-order valence-electron chi connectivity index (χ1n) is 8.19. The van der Waals surface area contributed by atoms with Crippen molar-refractivity contribution in [3.05, 3.63) is 11.8 Å². The van der Waals surface area contributed by atoms with Gasteiger partial charge < -0.3 is 14.4 Å². The van der Waals surface area contributed by atoms with Crippen LogP contribution in [0.4, 0.5) is 9.18 Å². The summed E-state index contributed by atoms with van der Waals surface area (Å²) >= 11 is 0. The number of ether oxygens (including phenoxy) is 2. The zero-order chi connectivity index (χ0) is 19.4. The molecule has 2 atom stereocenters. The molecule has 1 saturated heterocycles. The Bertz CT molecular complexity index is 554. The topological polar surface area (TPSA) is 76.2 Å². The van der Waals surface area contributed by atoms with Gasteiger partial charge in [0, 0.05) is 26.7 Å². The van der Waals surface area contributed by atoms with Crippen molar-refractivity contribution in [2.24, 2.45) is 0 Å². The third-order valence-corrected chi connectivity index (χ3v) is 3.33. The summed E-state index contributed by atoms with van der Waals surface area (Å²) in [6, 6.07) is -1.10. The lowest BCUT2D eigenvalue weighted by atomic mass is 10.0. The number of nitrogens with zero attached hydrogens (tertiary/aromatic N) is 2. The second-order valence-corrected chi connectivity index (χ2v) is 7.07. The van der Waals surface area contributed by atoms with Crippen LogP contribution in [0.1, 0.15) is 34.1 Å². The van der Waals surface area contributed by atoms with Crippen LogP contribution in [0.5, 0.6) is 0 Å². The van der Waals surface area contributed by atoms with E-state index in [1.165, 1.54) is 11.1 Å². The van der Waals surface area contributed by atoms with E-state index < -0.39 is 35.7 Å². The minimum atomic E-state index is -1.36. The predicted molar refractivity (Wildman–Crippen MR) is 89.7 cm³/mol. The van der Waals surface area contributed by atoms with E-state index >= 15 is 0 Å². The summed E-state index contributed by atoms with van der Waals surface area (Å²) < 4.78 is 24.1. The largest absolute Gasteiger partial charge is 0.462 e. The molecule has 142 valence electrons. The molecule has 0 spiro atoms. The van der Waals surface area contributed by atoms with Crippen LogP contribution in [0.3, 0.4) is 0 Å². The first-order chi connectivity index (χ1) is 11.5. The van der Waals surface area contributed by atoms with Crippen molar-refractivity contribution < 1.29 is 28.2 Å². The highest BCUT2D eigenvalue weighted by atomic mass is 19.1. The Kier molecular flexibility index (Phi) is 6.96. The second-order valence-electron chi connectivity index (χ2n) is 7.07. The van der Waals surface area contributed by atoms with Crippen LogP contribution in [0.25, 0.3) is 0 Å². The van der Waals surface area contributed by atoms with Crippen LogP contribution in [0.2, 0.25) is 0 Å². The molecular weight excluding hydrogens is 331 g/mol. The number of carbonyl (C=O) groups excluding carboxylic acids is 3. The van der Waals surface area contributed by atoms with Crippen LogP contribution in [-0.4, -0.2) is 72.7 Å². The number of Topliss-reactive ketones (excluding diaryl/α,β-unsaturated/α-hetero) is 1. The van der Waals surface area contributed by atoms with E-state index in [1.54, 1.807) is 41.8 Å². The van der Waals surface area contributed by atoms with E-state index in [4.69, 9.17) is 9.47 Å². The lowest BCUT2D eigenvalue weighted by Crippen LogP contribution is -2.44. The zero-order valence-electron chi connectivity index (χ0n) is 15.7. The number of carbonyl (C=O) groups is 3. The van der Waals surface area contributed by atoms with Gasteiger partial charge in [-0.1, -0.05) is 0 Å². The Labute approximate surface area is 147 Å². The Morgan fingerprint density at radius 3 is 2.36 bits per heavy atom. The van der Waals surface area contributed by atoms with Gasteiger partial charge in [-0.05, 0) is 27.7 Å². The Hall–Kier alpha value is -2.12. The molecule has 0 saturated carbocycles. The van der Waals surface area contributed by atoms with Crippen molar-refractivity contribution in [1.82, 2.24) is 9.80 Å². The first kappa shape index (κ1) is 20.9. The van der Waals surface area contributed by atoms with E-state index in [0.29, 0.717) is 0 Å². The predicted octanol–water partition coefficient (Wildman–Crippen LogP) is 1.91. The van der Waals surface area contributed by atoms with E-state index in [2.05, 4.69) is 0 Å². The average molecular weight is 358 g/mol. The van der Waals surface area contributed by atoms with Gasteiger partial charge in [0.25, 0.3) is 0 Å². The normalized spacial score (nSPS) is 21.1. The molecule has 1 amide bonds. The quantitative estimate of drug-likeness (QED) is 0.323. The third kappa shape index (κ3) is 6.03. The van der Waals surface area contributed by atoms with Gasteiger partial charge in [0.1, 0.15) is 23.4 Å². The lowest BCUT2D eigenvalue weighted by Gasteiger charge is -2.28. The number of likely N-dealkylation sites (tertiary alicyclic amines) is 1. The Balaban J connectivity index is 3.09. The molecule has 1 aliphatic heterocycles. The van der Waals surface area contributed by atoms with Crippen molar-refractivity contribution in [2.75, 3.05) is 27.2 Å². The van der Waals surface area contributed by atoms with Crippen LogP contribution < -0.4 is 0 Å². The highest BCUT2D eigenvalue weighted by Crippen LogP contribution is 2.26. The summed E-state index contributed by atoms with van der Waals surface area (Å²) in [5.41, 5.74) is -0.998. The molecular formula is C17H27FN2O5. The molecule has 0 unspecified atom stereocenters. The van der Waals surface area contributed by atoms with Gasteiger partial charge in [-0.15, -0.1) is 0 Å². The molecule has 0 aromatic carbocycles.